The number of ether oxygens (including phenoxy) is 3. The van der Waals surface area contributed by atoms with E-state index in [1.165, 1.54) is 0 Å². The largest absolute Gasteiger partial charge is 0.491 e. The molecule has 3 aromatic carbocycles. The van der Waals surface area contributed by atoms with Crippen molar-refractivity contribution in [3.63, 3.8) is 0 Å². The maximum atomic E-state index is 12.6. The summed E-state index contributed by atoms with van der Waals surface area (Å²) < 4.78 is 46.2. The molecule has 0 amide bonds. The molecule has 6 aromatic heterocycles. The number of nitrogens with one attached hydrogen (secondary N) is 3. The minimum atomic E-state index is -2.15. The third-order valence-electron chi connectivity index (χ3n) is 18.8. The van der Waals surface area contributed by atoms with Crippen molar-refractivity contribution in [1.29, 1.82) is 0 Å². The van der Waals surface area contributed by atoms with E-state index in [-0.39, 0.29) is 25.1 Å². The zero-order valence-electron chi connectivity index (χ0n) is 62.3. The molecule has 12 rings (SSSR count). The molecular formula is C77H103N15O11S. The van der Waals surface area contributed by atoms with E-state index in [1.54, 1.807) is 27.4 Å². The number of piperazine rings is 1. The molecule has 2 saturated heterocycles. The Morgan fingerprint density at radius 3 is 1.39 bits per heavy atom. The van der Waals surface area contributed by atoms with Gasteiger partial charge in [-0.15, -0.1) is 0 Å². The summed E-state index contributed by atoms with van der Waals surface area (Å²) in [5.41, 5.74) is 11.2. The molecule has 0 radical (unpaired) electrons. The van der Waals surface area contributed by atoms with Crippen LogP contribution in [0.2, 0.25) is 0 Å². The van der Waals surface area contributed by atoms with E-state index in [0.29, 0.717) is 78.3 Å². The van der Waals surface area contributed by atoms with Crippen LogP contribution in [0.1, 0.15) is 85.2 Å². The van der Waals surface area contributed by atoms with Crippen molar-refractivity contribution in [3.05, 3.63) is 131 Å². The third kappa shape index (κ3) is 20.2. The summed E-state index contributed by atoms with van der Waals surface area (Å²) >= 11 is 0. The van der Waals surface area contributed by atoms with Crippen molar-refractivity contribution >= 4 is 27.0 Å². The average molecular weight is 1450 g/mol. The van der Waals surface area contributed by atoms with Gasteiger partial charge in [-0.3, -0.25) is 9.11 Å². The lowest BCUT2D eigenvalue weighted by Crippen LogP contribution is -2.46. The molecular weight excluding hydrogens is 1340 g/mol. The van der Waals surface area contributed by atoms with E-state index in [9.17, 15) is 24.6 Å². The zero-order valence-corrected chi connectivity index (χ0v) is 63.1. The SMILES string of the molecule is C=S(C)(=O)[C@H]1CCN(c2cc(-c3c(C)noc3C)nc(-c3cccc(OCC(O)CNC)c3)n2)C1.CCCN1CCN(c2cc(-c3c(C)noc3C)nc(-c3cccc(OCC(O)CNC)c3)n2)CC1.CNCC(O)COc1cccc(-c2nc(CC3CC(C)(O)C3)c(C)c(-c3c(C)noc3C)n2)c1. The van der Waals surface area contributed by atoms with Crippen LogP contribution < -0.4 is 40.0 Å². The standard InChI is InChI=1S/C26H36N6O3.C26H34N4O4.C25H33N5O4S/c1-5-9-31-10-12-32(13-11-31)24-15-23(25-18(2)30-35-19(25)3)28-26(29-24)20-7-6-8-22(14-20)34-17-21(33)16-27-4;1-15-22(9-18-11-26(4,32)12-18)28-25(29-24(15)23-16(2)30-34-17(23)3)19-7-6-8-21(10-19)33-14-20(31)13-27-5;1-16-24(17(2)34-29-16)22-12-23(30-10-9-21(14-30)35(4,5)32)28-25(27-22)18-7-6-8-20(11-18)33-15-19(31)13-26-3/h6-8,14-15,21,27,33H,5,9-13,16-17H2,1-4H3;6-8,10,18,20,27,31-32H,9,11-14H2,1-5H3;6-8,11-12,19,21,26,31H,4,9-10,13-15H2,1-3,5H3/t;;19?,21-,35?/m..0/s1. The van der Waals surface area contributed by atoms with Gasteiger partial charge in [0.05, 0.1) is 56.5 Å². The molecule has 104 heavy (non-hydrogen) atoms. The lowest BCUT2D eigenvalue weighted by Gasteiger charge is -2.41. The smallest absolute Gasteiger partial charge is 0.162 e. The molecule has 4 unspecified atom stereocenters. The van der Waals surface area contributed by atoms with E-state index in [1.807, 2.05) is 140 Å². The Bertz CT molecular complexity index is 4370. The number of aliphatic hydroxyl groups excluding tert-OH is 3. The van der Waals surface area contributed by atoms with E-state index in [4.69, 9.17) is 57.7 Å². The normalized spacial score (nSPS) is 18.2. The van der Waals surface area contributed by atoms with Gasteiger partial charge in [0, 0.05) is 105 Å². The minimum absolute atomic E-state index is 0.0178. The molecule has 0 spiro atoms. The molecule has 27 heteroatoms. The lowest BCUT2D eigenvalue weighted by molar-refractivity contribution is -0.0567. The first-order valence-electron chi connectivity index (χ1n) is 35.7. The number of likely N-dealkylation sites (N-methyl/N-ethyl adjacent to an activating group) is 3. The number of aryl methyl sites for hydroxylation is 6. The van der Waals surface area contributed by atoms with Crippen molar-refractivity contribution in [2.75, 3.05) is 122 Å². The highest BCUT2D eigenvalue weighted by atomic mass is 32.2. The summed E-state index contributed by atoms with van der Waals surface area (Å²) in [6.45, 7) is 25.9. The Morgan fingerprint density at radius 2 is 1.01 bits per heavy atom. The molecule has 2 aliphatic heterocycles. The van der Waals surface area contributed by atoms with Gasteiger partial charge >= 0.3 is 0 Å². The number of hydrogen-bond acceptors (Lipinski definition) is 26. The van der Waals surface area contributed by atoms with Crippen LogP contribution in [0.3, 0.4) is 0 Å². The topological polar surface area (TPSA) is 327 Å². The number of hydrogen-bond donors (Lipinski definition) is 7. The molecule has 9 aromatic rings. The number of aromatic nitrogens is 9. The first-order valence-corrected chi connectivity index (χ1v) is 37.9. The molecule has 3 aliphatic rings. The average Bonchev–Trinajstić information content (AvgIpc) is 1.31. The van der Waals surface area contributed by atoms with Gasteiger partial charge in [0.25, 0.3) is 0 Å². The van der Waals surface area contributed by atoms with Crippen molar-refractivity contribution in [1.82, 2.24) is 66.2 Å². The second-order valence-electron chi connectivity index (χ2n) is 27.8. The van der Waals surface area contributed by atoms with E-state index in [0.717, 1.165) is 168 Å². The van der Waals surface area contributed by atoms with Crippen LogP contribution in [0.15, 0.2) is 98.5 Å². The molecule has 8 heterocycles. The van der Waals surface area contributed by atoms with Gasteiger partial charge in [-0.25, -0.2) is 29.9 Å². The van der Waals surface area contributed by atoms with Gasteiger partial charge in [0.15, 0.2) is 17.5 Å². The van der Waals surface area contributed by atoms with Gasteiger partial charge in [0.1, 0.15) is 84.3 Å². The second kappa shape index (κ2) is 35.3. The van der Waals surface area contributed by atoms with Crippen molar-refractivity contribution in [3.8, 4) is 85.2 Å². The first kappa shape index (κ1) is 77.8. The Labute approximate surface area is 610 Å². The molecule has 1 aliphatic carbocycles. The van der Waals surface area contributed by atoms with Crippen LogP contribution in [0.25, 0.3) is 67.9 Å². The fourth-order valence-corrected chi connectivity index (χ4v) is 14.6. The number of nitrogens with zero attached hydrogens (tertiary/aromatic N) is 12. The summed E-state index contributed by atoms with van der Waals surface area (Å²) in [5, 5.41) is 61.3. The zero-order chi connectivity index (χ0) is 74.4. The Morgan fingerprint density at radius 1 is 0.587 bits per heavy atom. The summed E-state index contributed by atoms with van der Waals surface area (Å²) in [6, 6.07) is 26.8. The summed E-state index contributed by atoms with van der Waals surface area (Å²) in [5.74, 6) is 11.8. The quantitative estimate of drug-likeness (QED) is 0.0226. The van der Waals surface area contributed by atoms with Gasteiger partial charge in [0.2, 0.25) is 0 Å². The van der Waals surface area contributed by atoms with Crippen molar-refractivity contribution < 1.29 is 52.4 Å². The fraction of sp³-hybridized carbons (Fsp3) is 0.481. The van der Waals surface area contributed by atoms with E-state index < -0.39 is 33.4 Å². The predicted molar refractivity (Wildman–Crippen MR) is 406 cm³/mol. The van der Waals surface area contributed by atoms with E-state index in [2.05, 4.69) is 58.9 Å². The van der Waals surface area contributed by atoms with Gasteiger partial charge < -0.3 is 74.0 Å². The second-order valence-corrected chi connectivity index (χ2v) is 30.6. The molecule has 0 bridgehead atoms. The maximum Gasteiger partial charge on any atom is 0.162 e. The predicted octanol–water partition coefficient (Wildman–Crippen LogP) is 8.59. The number of aliphatic hydroxyl groups is 4. The Kier molecular flexibility index (Phi) is 26.5. The maximum absolute atomic E-state index is 12.6. The highest BCUT2D eigenvalue weighted by Crippen LogP contribution is 2.42. The number of rotatable bonds is 28. The first-order chi connectivity index (χ1) is 49.8. The van der Waals surface area contributed by atoms with E-state index >= 15 is 0 Å². The molecule has 5 atom stereocenters. The van der Waals surface area contributed by atoms with Crippen LogP contribution in [0.4, 0.5) is 11.6 Å². The highest BCUT2D eigenvalue weighted by Gasteiger charge is 2.39. The molecule has 7 N–H and O–H groups in total. The van der Waals surface area contributed by atoms with Gasteiger partial charge in [-0.05, 0) is 178 Å². The summed E-state index contributed by atoms with van der Waals surface area (Å²) in [4.78, 5) is 36.4. The molecule has 3 fully saturated rings. The Balaban J connectivity index is 0.000000167. The monoisotopic (exact) mass is 1450 g/mol. The molecule has 558 valence electrons. The highest BCUT2D eigenvalue weighted by molar-refractivity contribution is 8.00. The third-order valence-corrected chi connectivity index (χ3v) is 20.6. The molecule has 26 nitrogen and oxygen atoms in total. The van der Waals surface area contributed by atoms with Crippen LogP contribution in [0, 0.1) is 54.4 Å². The van der Waals surface area contributed by atoms with Crippen LogP contribution in [-0.4, -0.2) is 223 Å². The van der Waals surface area contributed by atoms with Crippen molar-refractivity contribution in [2.24, 2.45) is 5.92 Å². The van der Waals surface area contributed by atoms with Gasteiger partial charge in [-0.1, -0.05) is 58.8 Å². The van der Waals surface area contributed by atoms with Crippen molar-refractivity contribution in [2.45, 2.75) is 124 Å². The van der Waals surface area contributed by atoms with Crippen LogP contribution in [0.5, 0.6) is 17.2 Å². The summed E-state index contributed by atoms with van der Waals surface area (Å²) in [7, 11) is 3.22. The van der Waals surface area contributed by atoms with Crippen LogP contribution >= 0.6 is 0 Å². The molecule has 1 saturated carbocycles. The van der Waals surface area contributed by atoms with Crippen LogP contribution in [-0.2, 0) is 15.9 Å². The summed E-state index contributed by atoms with van der Waals surface area (Å²) in [6.07, 6.45) is 4.22. The van der Waals surface area contributed by atoms with Gasteiger partial charge in [-0.2, -0.15) is 0 Å². The Hall–Kier alpha value is -8.77. The number of benzene rings is 3. The minimum Gasteiger partial charge on any atom is -0.491 e. The lowest BCUT2D eigenvalue weighted by atomic mass is 9.70. The number of anilines is 2. The fourth-order valence-electron chi connectivity index (χ4n) is 13.5.